The highest BCUT2D eigenvalue weighted by atomic mass is 16.5. The lowest BCUT2D eigenvalue weighted by Gasteiger charge is -2.24. The maximum Gasteiger partial charge on any atom is 0.339 e. The van der Waals surface area contributed by atoms with Gasteiger partial charge in [-0.3, -0.25) is 0 Å². The molecule has 2 aromatic carbocycles. The van der Waals surface area contributed by atoms with Gasteiger partial charge in [0, 0.05) is 30.0 Å². The fourth-order valence-corrected chi connectivity index (χ4v) is 3.83. The molecule has 1 heterocycles. The molecule has 3 aromatic rings. The number of phenols is 3. The number of allylic oxidation sites excluding steroid dienone is 1. The largest absolute Gasteiger partial charge is 0.508 e. The van der Waals surface area contributed by atoms with E-state index in [-0.39, 0.29) is 34.3 Å². The lowest BCUT2D eigenvalue weighted by atomic mass is 9.82. The van der Waals surface area contributed by atoms with Crippen molar-refractivity contribution in [3.8, 4) is 34.3 Å². The van der Waals surface area contributed by atoms with Crippen LogP contribution < -0.4 is 10.4 Å². The van der Waals surface area contributed by atoms with Gasteiger partial charge in [0.2, 0.25) is 0 Å². The SMILES string of the molecule is C=C(C[C@H](c1ccc(O)cc1)c1c(O)cc(O)c(-c2cc(OC)cc(=O)o2)c1C)OCC. The summed E-state index contributed by atoms with van der Waals surface area (Å²) in [7, 11) is 1.42. The highest BCUT2D eigenvalue weighted by molar-refractivity contribution is 5.74. The minimum Gasteiger partial charge on any atom is -0.508 e. The van der Waals surface area contributed by atoms with E-state index in [0.717, 1.165) is 5.56 Å². The number of aromatic hydroxyl groups is 3. The van der Waals surface area contributed by atoms with Crippen LogP contribution in [0.4, 0.5) is 0 Å². The van der Waals surface area contributed by atoms with Crippen molar-refractivity contribution >= 4 is 0 Å². The third-order valence-electron chi connectivity index (χ3n) is 5.23. The standard InChI is InChI=1S/C25H26O7/c1-5-31-14(2)10-19(16-6-8-17(26)9-7-16)24-15(3)25(21(28)13-20(24)27)22-11-18(30-4)12-23(29)32-22/h6-9,11-13,19,26-28H,2,5,10H2,1,3-4H3/t19-/m1/s1. The van der Waals surface area contributed by atoms with Crippen LogP contribution in [0, 0.1) is 6.92 Å². The minimum absolute atomic E-state index is 0.110. The van der Waals surface area contributed by atoms with Gasteiger partial charge in [-0.25, -0.2) is 4.79 Å². The molecule has 0 radical (unpaired) electrons. The smallest absolute Gasteiger partial charge is 0.339 e. The summed E-state index contributed by atoms with van der Waals surface area (Å²) in [6, 6.07) is 10.5. The number of hydrogen-bond acceptors (Lipinski definition) is 7. The van der Waals surface area contributed by atoms with Crippen LogP contribution in [0.3, 0.4) is 0 Å². The molecule has 0 unspecified atom stereocenters. The van der Waals surface area contributed by atoms with Crippen LogP contribution in [0.25, 0.3) is 11.3 Å². The van der Waals surface area contributed by atoms with Crippen molar-refractivity contribution in [1.82, 2.24) is 0 Å². The van der Waals surface area contributed by atoms with Gasteiger partial charge in [0.15, 0.2) is 0 Å². The van der Waals surface area contributed by atoms with Crippen molar-refractivity contribution in [2.75, 3.05) is 13.7 Å². The molecule has 7 heteroatoms. The van der Waals surface area contributed by atoms with E-state index in [0.29, 0.717) is 29.9 Å². The topological polar surface area (TPSA) is 109 Å². The monoisotopic (exact) mass is 438 g/mol. The molecule has 0 fully saturated rings. The predicted octanol–water partition coefficient (Wildman–Crippen LogP) is 4.81. The third kappa shape index (κ3) is 4.72. The summed E-state index contributed by atoms with van der Waals surface area (Å²) >= 11 is 0. The van der Waals surface area contributed by atoms with Gasteiger partial charge in [0.05, 0.1) is 31.1 Å². The molecule has 168 valence electrons. The lowest BCUT2D eigenvalue weighted by Crippen LogP contribution is -2.08. The molecule has 0 spiro atoms. The summed E-state index contributed by atoms with van der Waals surface area (Å²) < 4.78 is 16.0. The Hall–Kier alpha value is -3.87. The number of rotatable bonds is 8. The summed E-state index contributed by atoms with van der Waals surface area (Å²) in [5.74, 6) is 0.243. The molecular weight excluding hydrogens is 412 g/mol. The van der Waals surface area contributed by atoms with Crippen LogP contribution in [0.15, 0.2) is 64.0 Å². The van der Waals surface area contributed by atoms with Gasteiger partial charge in [0.25, 0.3) is 0 Å². The van der Waals surface area contributed by atoms with Gasteiger partial charge in [0.1, 0.15) is 28.8 Å². The van der Waals surface area contributed by atoms with E-state index in [4.69, 9.17) is 13.9 Å². The summed E-state index contributed by atoms with van der Waals surface area (Å²) in [5.41, 5.74) is 1.45. The number of benzene rings is 2. The maximum atomic E-state index is 12.0. The van der Waals surface area contributed by atoms with Gasteiger partial charge < -0.3 is 29.2 Å². The third-order valence-corrected chi connectivity index (χ3v) is 5.23. The Morgan fingerprint density at radius 2 is 1.78 bits per heavy atom. The average molecular weight is 438 g/mol. The molecule has 32 heavy (non-hydrogen) atoms. The first-order valence-electron chi connectivity index (χ1n) is 10.1. The fraction of sp³-hybridized carbons (Fsp3) is 0.240. The van der Waals surface area contributed by atoms with Gasteiger partial charge >= 0.3 is 5.63 Å². The Morgan fingerprint density at radius 1 is 1.09 bits per heavy atom. The van der Waals surface area contributed by atoms with E-state index in [1.54, 1.807) is 31.2 Å². The number of methoxy groups -OCH3 is 1. The zero-order valence-electron chi connectivity index (χ0n) is 18.2. The molecule has 0 aliphatic heterocycles. The van der Waals surface area contributed by atoms with Crippen LogP contribution in [0.5, 0.6) is 23.0 Å². The van der Waals surface area contributed by atoms with Gasteiger partial charge in [-0.2, -0.15) is 0 Å². The number of hydrogen-bond donors (Lipinski definition) is 3. The molecule has 3 rings (SSSR count). The Morgan fingerprint density at radius 3 is 2.41 bits per heavy atom. The zero-order chi connectivity index (χ0) is 23.4. The minimum atomic E-state index is -0.632. The van der Waals surface area contributed by atoms with Crippen LogP contribution in [-0.4, -0.2) is 29.0 Å². The Balaban J connectivity index is 2.24. The number of phenolic OH excluding ortho intramolecular Hbond substituents is 3. The van der Waals surface area contributed by atoms with E-state index >= 15 is 0 Å². The molecule has 0 saturated carbocycles. The maximum absolute atomic E-state index is 12.0. The van der Waals surface area contributed by atoms with Crippen molar-refractivity contribution in [3.63, 3.8) is 0 Å². The Labute approximate surface area is 185 Å². The van der Waals surface area contributed by atoms with E-state index in [1.165, 1.54) is 25.3 Å². The molecular formula is C25H26O7. The molecule has 0 saturated heterocycles. The van der Waals surface area contributed by atoms with Gasteiger partial charge in [-0.15, -0.1) is 0 Å². The molecule has 0 aliphatic carbocycles. The fourth-order valence-electron chi connectivity index (χ4n) is 3.83. The van der Waals surface area contributed by atoms with Gasteiger partial charge in [-0.1, -0.05) is 18.7 Å². The van der Waals surface area contributed by atoms with Crippen molar-refractivity contribution in [3.05, 3.63) is 81.9 Å². The normalized spacial score (nSPS) is 11.7. The zero-order valence-corrected chi connectivity index (χ0v) is 18.2. The average Bonchev–Trinajstić information content (AvgIpc) is 2.73. The second-order valence-corrected chi connectivity index (χ2v) is 7.33. The first-order chi connectivity index (χ1) is 15.2. The van der Waals surface area contributed by atoms with E-state index < -0.39 is 11.5 Å². The Kier molecular flexibility index (Phi) is 6.78. The predicted molar refractivity (Wildman–Crippen MR) is 120 cm³/mol. The second kappa shape index (κ2) is 9.51. The molecule has 0 aliphatic rings. The Bertz CT molecular complexity index is 1180. The molecule has 1 aromatic heterocycles. The summed E-state index contributed by atoms with van der Waals surface area (Å²) in [4.78, 5) is 12.0. The number of ether oxygens (including phenoxy) is 2. The van der Waals surface area contributed by atoms with Crippen molar-refractivity contribution in [2.45, 2.75) is 26.2 Å². The summed E-state index contributed by atoms with van der Waals surface area (Å²) in [5, 5.41) is 31.2. The highest BCUT2D eigenvalue weighted by Gasteiger charge is 2.26. The van der Waals surface area contributed by atoms with Crippen LogP contribution in [-0.2, 0) is 4.74 Å². The van der Waals surface area contributed by atoms with Crippen LogP contribution in [0.2, 0.25) is 0 Å². The molecule has 3 N–H and O–H groups in total. The summed E-state index contributed by atoms with van der Waals surface area (Å²) in [6.45, 7) is 7.99. The molecule has 7 nitrogen and oxygen atoms in total. The van der Waals surface area contributed by atoms with Crippen LogP contribution in [0.1, 0.15) is 36.0 Å². The highest BCUT2D eigenvalue weighted by Crippen LogP contribution is 2.45. The van der Waals surface area contributed by atoms with E-state index in [1.807, 2.05) is 6.92 Å². The summed E-state index contributed by atoms with van der Waals surface area (Å²) in [6.07, 6.45) is 0.347. The second-order valence-electron chi connectivity index (χ2n) is 7.33. The van der Waals surface area contributed by atoms with E-state index in [2.05, 4.69) is 6.58 Å². The first-order valence-corrected chi connectivity index (χ1v) is 10.1. The van der Waals surface area contributed by atoms with Crippen molar-refractivity contribution in [2.24, 2.45) is 0 Å². The molecule has 0 bridgehead atoms. The molecule has 1 atom stereocenters. The first kappa shape index (κ1) is 22.8. The van der Waals surface area contributed by atoms with Crippen molar-refractivity contribution in [1.29, 1.82) is 0 Å². The quantitative estimate of drug-likeness (QED) is 0.433. The lowest BCUT2D eigenvalue weighted by molar-refractivity contribution is 0.217. The van der Waals surface area contributed by atoms with E-state index in [9.17, 15) is 20.1 Å². The van der Waals surface area contributed by atoms with Crippen molar-refractivity contribution < 1.29 is 29.2 Å². The van der Waals surface area contributed by atoms with Gasteiger partial charge in [-0.05, 0) is 37.1 Å². The van der Waals surface area contributed by atoms with Crippen LogP contribution >= 0.6 is 0 Å². The molecule has 0 amide bonds.